The third-order valence-electron chi connectivity index (χ3n) is 10.2. The van der Waals surface area contributed by atoms with E-state index in [1.165, 1.54) is 11.8 Å². The van der Waals surface area contributed by atoms with Gasteiger partial charge in [-0.1, -0.05) is 38.1 Å². The van der Waals surface area contributed by atoms with Crippen LogP contribution in [0.15, 0.2) is 54.6 Å². The Morgan fingerprint density at radius 3 is 2.40 bits per heavy atom. The second-order valence-corrected chi connectivity index (χ2v) is 13.9. The maximum Gasteiger partial charge on any atom is 0.422 e. The minimum atomic E-state index is -4.37. The van der Waals surface area contributed by atoms with E-state index in [-0.39, 0.29) is 35.4 Å². The van der Waals surface area contributed by atoms with Crippen LogP contribution in [0.5, 0.6) is 5.75 Å². The van der Waals surface area contributed by atoms with Gasteiger partial charge in [-0.25, -0.2) is 4.39 Å². The number of aryl methyl sites for hydroxylation is 1. The molecule has 48 heavy (non-hydrogen) atoms. The van der Waals surface area contributed by atoms with Crippen molar-refractivity contribution in [2.75, 3.05) is 33.3 Å². The summed E-state index contributed by atoms with van der Waals surface area (Å²) in [5.41, 5.74) is 4.09. The number of piperidine rings is 1. The van der Waals surface area contributed by atoms with Gasteiger partial charge in [0.25, 0.3) is 0 Å². The number of aromatic nitrogens is 2. The van der Waals surface area contributed by atoms with Gasteiger partial charge in [0.15, 0.2) is 6.61 Å². The molecule has 1 saturated heterocycles. The summed E-state index contributed by atoms with van der Waals surface area (Å²) in [7, 11) is 1.92. The van der Waals surface area contributed by atoms with Crippen LogP contribution < -0.4 is 4.74 Å². The number of rotatable bonds is 13. The van der Waals surface area contributed by atoms with Crippen molar-refractivity contribution in [3.63, 3.8) is 0 Å². The average Bonchev–Trinajstić information content (AvgIpc) is 3.64. The quantitative estimate of drug-likeness (QED) is 0.192. The van der Waals surface area contributed by atoms with Crippen LogP contribution in [0.3, 0.4) is 0 Å². The van der Waals surface area contributed by atoms with E-state index in [1.807, 2.05) is 31.9 Å². The van der Waals surface area contributed by atoms with Crippen molar-refractivity contribution in [3.8, 4) is 5.75 Å². The maximum absolute atomic E-state index is 14.3. The van der Waals surface area contributed by atoms with Gasteiger partial charge in [0, 0.05) is 37.2 Å². The minimum absolute atomic E-state index is 0.0259. The first-order valence-electron chi connectivity index (χ1n) is 17.1. The molecule has 262 valence electrons. The first-order chi connectivity index (χ1) is 22.8. The molecule has 2 aliphatic rings. The van der Waals surface area contributed by atoms with E-state index < -0.39 is 24.8 Å². The van der Waals surface area contributed by atoms with E-state index >= 15 is 0 Å². The fraction of sp³-hybridized carbons (Fsp3) is 0.568. The largest absolute Gasteiger partial charge is 0.484 e. The molecule has 1 N–H and O–H groups in total. The van der Waals surface area contributed by atoms with Crippen molar-refractivity contribution in [1.82, 2.24) is 19.6 Å². The molecular weight excluding hydrogens is 624 g/mol. The number of aliphatic carboxylic acids is 1. The fourth-order valence-corrected chi connectivity index (χ4v) is 7.91. The van der Waals surface area contributed by atoms with Crippen molar-refractivity contribution in [3.05, 3.63) is 82.9 Å². The number of carboxylic acids is 1. The summed E-state index contributed by atoms with van der Waals surface area (Å²) in [5.74, 6) is -0.0794. The lowest BCUT2D eigenvalue weighted by Crippen LogP contribution is -2.47. The predicted molar refractivity (Wildman–Crippen MR) is 177 cm³/mol. The van der Waals surface area contributed by atoms with Gasteiger partial charge in [-0.05, 0) is 112 Å². The Hall–Kier alpha value is -3.44. The van der Waals surface area contributed by atoms with Gasteiger partial charge in [-0.15, -0.1) is 0 Å². The highest BCUT2D eigenvalue weighted by Gasteiger charge is 2.42. The minimum Gasteiger partial charge on any atom is -0.484 e. The van der Waals surface area contributed by atoms with Crippen molar-refractivity contribution in [2.24, 2.45) is 11.8 Å². The number of carbonyl (C=O) groups is 1. The number of carboxylic acid groups (broad SMARTS) is 1. The van der Waals surface area contributed by atoms with Crippen LogP contribution in [0.4, 0.5) is 17.6 Å². The Bertz CT molecular complexity index is 1500. The zero-order chi connectivity index (χ0) is 34.6. The number of ether oxygens (including phenoxy) is 1. The summed E-state index contributed by atoms with van der Waals surface area (Å²) in [6.45, 7) is 8.17. The topological polar surface area (TPSA) is 70.8 Å². The molecule has 3 aromatic rings. The zero-order valence-corrected chi connectivity index (χ0v) is 28.3. The molecule has 5 rings (SSSR count). The lowest BCUT2D eigenvalue weighted by molar-refractivity contribution is -0.153. The standard InChI is InChI=1S/C37H48F4N4O3/c1-5-45-34(20-30(42-45)17-25-9-11-32(12-10-25)48-23-37(39,40)41)26-13-15-44(16-14-26)22-28-19-31(43(4)35(24(2)3)36(46)47)21-33(28)27-7-6-8-29(38)18-27/h6-12,18,20,24,26,28,31,33,35H,5,13-17,19,21-23H2,1-4H3,(H,46,47)/t28?,31?,33?,35-/m1/s1. The van der Waals surface area contributed by atoms with E-state index in [1.54, 1.807) is 36.4 Å². The Balaban J connectivity index is 1.22. The summed E-state index contributed by atoms with van der Waals surface area (Å²) in [6.07, 6.45) is -0.136. The van der Waals surface area contributed by atoms with Crippen LogP contribution in [0, 0.1) is 17.7 Å². The van der Waals surface area contributed by atoms with Crippen LogP contribution in [0.1, 0.15) is 80.8 Å². The van der Waals surface area contributed by atoms with Crippen LogP contribution >= 0.6 is 0 Å². The monoisotopic (exact) mass is 672 g/mol. The fourth-order valence-electron chi connectivity index (χ4n) is 7.91. The van der Waals surface area contributed by atoms with E-state index in [2.05, 4.69) is 22.6 Å². The molecule has 1 aliphatic heterocycles. The second-order valence-electron chi connectivity index (χ2n) is 13.9. The van der Waals surface area contributed by atoms with E-state index in [0.717, 1.165) is 68.7 Å². The highest BCUT2D eigenvalue weighted by atomic mass is 19.4. The molecule has 11 heteroatoms. The second kappa shape index (κ2) is 15.4. The van der Waals surface area contributed by atoms with Crippen LogP contribution in [0.2, 0.25) is 0 Å². The zero-order valence-electron chi connectivity index (χ0n) is 28.3. The van der Waals surface area contributed by atoms with Gasteiger partial charge in [-0.3, -0.25) is 14.4 Å². The number of likely N-dealkylation sites (N-methyl/N-ethyl adjacent to an activating group) is 1. The van der Waals surface area contributed by atoms with E-state index in [0.29, 0.717) is 12.3 Å². The summed E-state index contributed by atoms with van der Waals surface area (Å²) in [5, 5.41) is 14.8. The normalized spacial score (nSPS) is 21.7. The van der Waals surface area contributed by atoms with E-state index in [9.17, 15) is 27.5 Å². The third kappa shape index (κ3) is 8.96. The number of hydrogen-bond acceptors (Lipinski definition) is 5. The predicted octanol–water partition coefficient (Wildman–Crippen LogP) is 7.36. The Kier molecular flexibility index (Phi) is 11.5. The first kappa shape index (κ1) is 35.9. The van der Waals surface area contributed by atoms with Crippen LogP contribution in [0.25, 0.3) is 0 Å². The van der Waals surface area contributed by atoms with Crippen LogP contribution in [-0.4, -0.2) is 82.2 Å². The number of likely N-dealkylation sites (tertiary alicyclic amines) is 1. The van der Waals surface area contributed by atoms with Gasteiger partial charge in [0.2, 0.25) is 0 Å². The van der Waals surface area contributed by atoms with Gasteiger partial charge >= 0.3 is 12.1 Å². The van der Waals surface area contributed by atoms with Crippen LogP contribution in [-0.2, 0) is 17.8 Å². The van der Waals surface area contributed by atoms with E-state index in [4.69, 9.17) is 9.84 Å². The molecule has 4 atom stereocenters. The van der Waals surface area contributed by atoms with Crippen molar-refractivity contribution in [2.45, 2.75) is 89.5 Å². The molecule has 2 aromatic carbocycles. The smallest absolute Gasteiger partial charge is 0.422 e. The number of halogens is 4. The molecule has 1 aliphatic carbocycles. The molecular formula is C37H48F4N4O3. The molecule has 3 unspecified atom stereocenters. The molecule has 0 radical (unpaired) electrons. The Morgan fingerprint density at radius 1 is 1.08 bits per heavy atom. The molecule has 0 spiro atoms. The molecule has 7 nitrogen and oxygen atoms in total. The molecule has 0 amide bonds. The van der Waals surface area contributed by atoms with Gasteiger partial charge in [0.05, 0.1) is 5.69 Å². The number of nitrogens with zero attached hydrogens (tertiary/aromatic N) is 4. The lowest BCUT2D eigenvalue weighted by atomic mass is 9.87. The average molecular weight is 673 g/mol. The Morgan fingerprint density at radius 2 is 1.79 bits per heavy atom. The number of hydrogen-bond donors (Lipinski definition) is 1. The van der Waals surface area contributed by atoms with Crippen molar-refractivity contribution in [1.29, 1.82) is 0 Å². The maximum atomic E-state index is 14.3. The van der Waals surface area contributed by atoms with Gasteiger partial charge in [0.1, 0.15) is 17.6 Å². The van der Waals surface area contributed by atoms with Crippen molar-refractivity contribution >= 4 is 5.97 Å². The van der Waals surface area contributed by atoms with Gasteiger partial charge in [-0.2, -0.15) is 18.3 Å². The SMILES string of the molecule is CCn1nc(Cc2ccc(OCC(F)(F)F)cc2)cc1C1CCN(CC2CC(N(C)[C@@H](C(=O)O)C(C)C)CC2c2cccc(F)c2)CC1. The highest BCUT2D eigenvalue weighted by molar-refractivity contribution is 5.73. The summed E-state index contributed by atoms with van der Waals surface area (Å²) in [6, 6.07) is 15.3. The lowest BCUT2D eigenvalue weighted by Gasteiger charge is -2.35. The molecule has 0 bridgehead atoms. The molecule has 2 heterocycles. The molecule has 1 aromatic heterocycles. The molecule has 2 fully saturated rings. The highest BCUT2D eigenvalue weighted by Crippen LogP contribution is 2.44. The molecule has 1 saturated carbocycles. The third-order valence-corrected chi connectivity index (χ3v) is 10.2. The van der Waals surface area contributed by atoms with Gasteiger partial charge < -0.3 is 14.7 Å². The summed E-state index contributed by atoms with van der Waals surface area (Å²) < 4.78 is 58.7. The van der Waals surface area contributed by atoms with Crippen molar-refractivity contribution < 1.29 is 32.2 Å². The Labute approximate surface area is 280 Å². The first-order valence-corrected chi connectivity index (χ1v) is 17.1. The number of benzene rings is 2. The number of alkyl halides is 3. The summed E-state index contributed by atoms with van der Waals surface area (Å²) >= 11 is 0. The summed E-state index contributed by atoms with van der Waals surface area (Å²) in [4.78, 5) is 16.7.